The van der Waals surface area contributed by atoms with Crippen LogP contribution in [0, 0.1) is 5.82 Å². The van der Waals surface area contributed by atoms with E-state index in [0.29, 0.717) is 35.0 Å². The lowest BCUT2D eigenvalue weighted by molar-refractivity contribution is -0.107. The van der Waals surface area contributed by atoms with Crippen molar-refractivity contribution in [2.75, 3.05) is 13.6 Å². The van der Waals surface area contributed by atoms with E-state index >= 15 is 4.39 Å². The van der Waals surface area contributed by atoms with Crippen LogP contribution in [0.2, 0.25) is 0 Å². The Kier molecular flexibility index (Phi) is 6.29. The number of amides is 2. The average Bonchev–Trinajstić information content (AvgIpc) is 3.45. The first kappa shape index (κ1) is 22.7. The molecule has 1 fully saturated rings. The van der Waals surface area contributed by atoms with Crippen molar-refractivity contribution in [2.24, 2.45) is 5.73 Å². The molecule has 3 aromatic rings. The second-order valence-corrected chi connectivity index (χ2v) is 8.51. The van der Waals surface area contributed by atoms with Gasteiger partial charge in [0.2, 0.25) is 0 Å². The van der Waals surface area contributed by atoms with Gasteiger partial charge in [0.05, 0.1) is 11.2 Å². The molecule has 4 N–H and O–H groups in total. The van der Waals surface area contributed by atoms with Crippen molar-refractivity contribution in [2.45, 2.75) is 37.8 Å². The summed E-state index contributed by atoms with van der Waals surface area (Å²) >= 11 is 0. The number of nitrogens with zero attached hydrogens (tertiary/aromatic N) is 1. The van der Waals surface area contributed by atoms with E-state index in [4.69, 9.17) is 5.73 Å². The molecule has 1 saturated carbocycles. The molecule has 0 bridgehead atoms. The highest BCUT2D eigenvalue weighted by atomic mass is 19.1. The SMILES string of the molecule is CN(C(=O)c1ccc(-c2ccc3[nH]cc(C(N)=O)c3c2)c(F)c1)C1(NCCC=O)CCCC1. The quantitative estimate of drug-likeness (QED) is 0.277. The molecule has 0 aliphatic heterocycles. The van der Waals surface area contributed by atoms with Crippen molar-refractivity contribution < 1.29 is 18.8 Å². The fourth-order valence-electron chi connectivity index (χ4n) is 4.72. The molecule has 0 unspecified atom stereocenters. The first-order valence-corrected chi connectivity index (χ1v) is 11.0. The third-order valence-electron chi connectivity index (χ3n) is 6.57. The summed E-state index contributed by atoms with van der Waals surface area (Å²) in [5, 5.41) is 3.98. The van der Waals surface area contributed by atoms with E-state index in [-0.39, 0.29) is 11.5 Å². The van der Waals surface area contributed by atoms with Crippen LogP contribution in [0.15, 0.2) is 42.6 Å². The normalized spacial score (nSPS) is 15.0. The molecule has 2 aromatic carbocycles. The zero-order valence-electron chi connectivity index (χ0n) is 18.5. The third kappa shape index (κ3) is 4.26. The Morgan fingerprint density at radius 2 is 1.97 bits per heavy atom. The number of aromatic amines is 1. The predicted molar refractivity (Wildman–Crippen MR) is 124 cm³/mol. The maximum absolute atomic E-state index is 15.1. The molecule has 1 aliphatic rings. The fourth-order valence-corrected chi connectivity index (χ4v) is 4.72. The van der Waals surface area contributed by atoms with E-state index in [1.807, 2.05) is 0 Å². The first-order valence-electron chi connectivity index (χ1n) is 11.0. The molecule has 172 valence electrons. The molecule has 0 atom stereocenters. The molecule has 2 amide bonds. The van der Waals surface area contributed by atoms with E-state index in [9.17, 15) is 14.4 Å². The minimum absolute atomic E-state index is 0.253. The molecule has 1 heterocycles. The molecule has 8 heteroatoms. The smallest absolute Gasteiger partial charge is 0.255 e. The van der Waals surface area contributed by atoms with Gasteiger partial charge in [-0.2, -0.15) is 0 Å². The Balaban J connectivity index is 1.61. The maximum Gasteiger partial charge on any atom is 0.255 e. The first-order chi connectivity index (χ1) is 15.9. The number of H-pyrrole nitrogens is 1. The topological polar surface area (TPSA) is 108 Å². The Labute approximate surface area is 191 Å². The predicted octanol–water partition coefficient (Wildman–Crippen LogP) is 3.59. The Bertz CT molecular complexity index is 1210. The molecule has 0 radical (unpaired) electrons. The van der Waals surface area contributed by atoms with Crippen LogP contribution in [0.5, 0.6) is 0 Å². The number of hydrogen-bond donors (Lipinski definition) is 3. The van der Waals surface area contributed by atoms with Crippen LogP contribution < -0.4 is 11.1 Å². The van der Waals surface area contributed by atoms with E-state index in [1.54, 1.807) is 42.3 Å². The van der Waals surface area contributed by atoms with Gasteiger partial charge in [-0.3, -0.25) is 14.9 Å². The van der Waals surface area contributed by atoms with Crippen LogP contribution in [-0.4, -0.2) is 47.2 Å². The van der Waals surface area contributed by atoms with Crippen LogP contribution in [0.3, 0.4) is 0 Å². The lowest BCUT2D eigenvalue weighted by Gasteiger charge is -2.40. The zero-order chi connectivity index (χ0) is 23.6. The average molecular weight is 451 g/mol. The van der Waals surface area contributed by atoms with Gasteiger partial charge in [0, 0.05) is 48.2 Å². The van der Waals surface area contributed by atoms with Gasteiger partial charge in [-0.15, -0.1) is 0 Å². The van der Waals surface area contributed by atoms with Crippen molar-refractivity contribution in [3.05, 3.63) is 59.5 Å². The number of hydrogen-bond acceptors (Lipinski definition) is 4. The molecule has 7 nitrogen and oxygen atoms in total. The molecular weight excluding hydrogens is 423 g/mol. The summed E-state index contributed by atoms with van der Waals surface area (Å²) in [4.78, 5) is 40.2. The molecule has 0 spiro atoms. The summed E-state index contributed by atoms with van der Waals surface area (Å²) in [6, 6.07) is 9.66. The van der Waals surface area contributed by atoms with E-state index < -0.39 is 17.4 Å². The third-order valence-corrected chi connectivity index (χ3v) is 6.57. The Morgan fingerprint density at radius 3 is 2.64 bits per heavy atom. The number of nitrogens with one attached hydrogen (secondary N) is 2. The number of benzene rings is 2. The summed E-state index contributed by atoms with van der Waals surface area (Å²) in [5.74, 6) is -1.37. The van der Waals surface area contributed by atoms with Crippen molar-refractivity contribution in [3.63, 3.8) is 0 Å². The molecule has 4 rings (SSSR count). The van der Waals surface area contributed by atoms with Crippen LogP contribution in [0.1, 0.15) is 52.8 Å². The van der Waals surface area contributed by atoms with Gasteiger partial charge in [-0.25, -0.2) is 4.39 Å². The van der Waals surface area contributed by atoms with Crippen molar-refractivity contribution in [1.82, 2.24) is 15.2 Å². The Morgan fingerprint density at radius 1 is 1.21 bits per heavy atom. The van der Waals surface area contributed by atoms with Gasteiger partial charge in [-0.05, 0) is 55.5 Å². The standard InChI is InChI=1S/C25H27FN4O3/c1-30(25(9-2-3-10-25)29-11-4-12-31)24(33)17-5-7-18(21(26)14-17)16-6-8-22-19(13-16)20(15-28-22)23(27)32/h5-8,12-15,28-29H,2-4,9-11H2,1H3,(H2,27,32). The fraction of sp³-hybridized carbons (Fsp3) is 0.320. The monoisotopic (exact) mass is 450 g/mol. The molecule has 0 saturated heterocycles. The number of primary amides is 1. The number of carbonyl (C=O) groups excluding carboxylic acids is 3. The van der Waals surface area contributed by atoms with Crippen LogP contribution in [0.25, 0.3) is 22.0 Å². The number of aromatic nitrogens is 1. The second kappa shape index (κ2) is 9.15. The van der Waals surface area contributed by atoms with Gasteiger partial charge in [-0.1, -0.05) is 12.1 Å². The lowest BCUT2D eigenvalue weighted by atomic mass is 9.99. The minimum atomic E-state index is -0.564. The molecule has 1 aromatic heterocycles. The lowest BCUT2D eigenvalue weighted by Crippen LogP contribution is -2.57. The van der Waals surface area contributed by atoms with Crippen molar-refractivity contribution >= 4 is 29.0 Å². The maximum atomic E-state index is 15.1. The number of nitrogens with two attached hydrogens (primary N) is 1. The van der Waals surface area contributed by atoms with Crippen molar-refractivity contribution in [3.8, 4) is 11.1 Å². The minimum Gasteiger partial charge on any atom is -0.366 e. The van der Waals surface area contributed by atoms with E-state index in [0.717, 1.165) is 37.5 Å². The highest BCUT2D eigenvalue weighted by Gasteiger charge is 2.39. The Hall–Kier alpha value is -3.52. The van der Waals surface area contributed by atoms with Gasteiger partial charge in [0.15, 0.2) is 0 Å². The molecular formula is C25H27FN4O3. The van der Waals surface area contributed by atoms with E-state index in [1.165, 1.54) is 12.3 Å². The van der Waals surface area contributed by atoms with Crippen LogP contribution in [-0.2, 0) is 4.79 Å². The number of fused-ring (bicyclic) bond motifs is 1. The van der Waals surface area contributed by atoms with E-state index in [2.05, 4.69) is 10.3 Å². The highest BCUT2D eigenvalue weighted by molar-refractivity contribution is 6.07. The number of carbonyl (C=O) groups is 3. The zero-order valence-corrected chi connectivity index (χ0v) is 18.5. The molecule has 1 aliphatic carbocycles. The number of halogens is 1. The van der Waals surface area contributed by atoms with Crippen LogP contribution in [0.4, 0.5) is 4.39 Å². The summed E-state index contributed by atoms with van der Waals surface area (Å²) < 4.78 is 15.1. The summed E-state index contributed by atoms with van der Waals surface area (Å²) in [7, 11) is 1.72. The largest absolute Gasteiger partial charge is 0.366 e. The summed E-state index contributed by atoms with van der Waals surface area (Å²) in [6.07, 6.45) is 6.29. The van der Waals surface area contributed by atoms with Crippen LogP contribution >= 0.6 is 0 Å². The van der Waals surface area contributed by atoms with Gasteiger partial charge in [0.25, 0.3) is 11.8 Å². The highest BCUT2D eigenvalue weighted by Crippen LogP contribution is 2.34. The van der Waals surface area contributed by atoms with Crippen molar-refractivity contribution in [1.29, 1.82) is 0 Å². The second-order valence-electron chi connectivity index (χ2n) is 8.51. The number of aldehydes is 1. The number of rotatable bonds is 8. The van der Waals surface area contributed by atoms with Gasteiger partial charge < -0.3 is 20.4 Å². The summed E-state index contributed by atoms with van der Waals surface area (Å²) in [5.41, 5.74) is 7.12. The van der Waals surface area contributed by atoms with Gasteiger partial charge >= 0.3 is 0 Å². The van der Waals surface area contributed by atoms with Gasteiger partial charge in [0.1, 0.15) is 12.1 Å². The summed E-state index contributed by atoms with van der Waals surface area (Å²) in [6.45, 7) is 0.489. The molecule has 33 heavy (non-hydrogen) atoms.